The van der Waals surface area contributed by atoms with E-state index in [-0.39, 0.29) is 18.2 Å². The molecule has 0 fully saturated rings. The van der Waals surface area contributed by atoms with E-state index in [9.17, 15) is 14.9 Å². The molecule has 3 rings (SSSR count). The number of aryl methyl sites for hydroxylation is 2. The quantitative estimate of drug-likeness (QED) is 0.519. The van der Waals surface area contributed by atoms with E-state index in [1.54, 1.807) is 11.6 Å². The molecular formula is C20H20N4O4. The Kier molecular flexibility index (Phi) is 5.39. The van der Waals surface area contributed by atoms with Crippen LogP contribution in [0.1, 0.15) is 17.0 Å². The van der Waals surface area contributed by atoms with Crippen LogP contribution in [0.2, 0.25) is 0 Å². The van der Waals surface area contributed by atoms with Gasteiger partial charge in [-0.15, -0.1) is 0 Å². The number of carbonyl (C=O) groups is 1. The molecule has 3 aromatic rings. The number of rotatable bonds is 6. The lowest BCUT2D eigenvalue weighted by Gasteiger charge is -2.09. The van der Waals surface area contributed by atoms with Gasteiger partial charge in [0.2, 0.25) is 0 Å². The summed E-state index contributed by atoms with van der Waals surface area (Å²) in [5, 5.41) is 18.2. The van der Waals surface area contributed by atoms with Crippen LogP contribution in [-0.2, 0) is 4.79 Å². The second-order valence-corrected chi connectivity index (χ2v) is 6.34. The number of amides is 1. The molecule has 0 aliphatic carbocycles. The maximum atomic E-state index is 12.3. The molecule has 144 valence electrons. The van der Waals surface area contributed by atoms with Crippen molar-refractivity contribution in [3.8, 4) is 11.4 Å². The van der Waals surface area contributed by atoms with Crippen molar-refractivity contribution in [3.63, 3.8) is 0 Å². The van der Waals surface area contributed by atoms with Crippen molar-refractivity contribution in [1.29, 1.82) is 0 Å². The first-order valence-corrected chi connectivity index (χ1v) is 8.66. The molecule has 0 aliphatic heterocycles. The van der Waals surface area contributed by atoms with Gasteiger partial charge in [0, 0.05) is 11.6 Å². The van der Waals surface area contributed by atoms with Gasteiger partial charge < -0.3 is 10.1 Å². The fraction of sp³-hybridized carbons (Fsp3) is 0.200. The average Bonchev–Trinajstić information content (AvgIpc) is 2.95. The number of anilines is 1. The van der Waals surface area contributed by atoms with Crippen molar-refractivity contribution in [1.82, 2.24) is 9.78 Å². The maximum Gasteiger partial charge on any atom is 0.272 e. The van der Waals surface area contributed by atoms with Crippen molar-refractivity contribution in [2.75, 3.05) is 11.9 Å². The van der Waals surface area contributed by atoms with E-state index in [1.807, 2.05) is 44.2 Å². The summed E-state index contributed by atoms with van der Waals surface area (Å²) < 4.78 is 7.23. The average molecular weight is 380 g/mol. The summed E-state index contributed by atoms with van der Waals surface area (Å²) in [6.45, 7) is 5.11. The first-order valence-electron chi connectivity index (χ1n) is 8.66. The van der Waals surface area contributed by atoms with E-state index < -0.39 is 4.92 Å². The molecule has 0 spiro atoms. The van der Waals surface area contributed by atoms with E-state index in [2.05, 4.69) is 10.4 Å². The summed E-state index contributed by atoms with van der Waals surface area (Å²) in [6, 6.07) is 14.0. The predicted octanol–water partition coefficient (Wildman–Crippen LogP) is 3.72. The van der Waals surface area contributed by atoms with Gasteiger partial charge in [0.1, 0.15) is 5.75 Å². The highest BCUT2D eigenvalue weighted by Gasteiger charge is 2.16. The highest BCUT2D eigenvalue weighted by Crippen LogP contribution is 2.24. The Hall–Kier alpha value is -3.68. The van der Waals surface area contributed by atoms with E-state index in [1.165, 1.54) is 18.2 Å². The van der Waals surface area contributed by atoms with E-state index in [0.717, 1.165) is 11.4 Å². The number of nitrogens with zero attached hydrogens (tertiary/aromatic N) is 3. The summed E-state index contributed by atoms with van der Waals surface area (Å²) in [5.74, 6) is 0.0569. The Bertz CT molecular complexity index is 1030. The number of nitro benzene ring substituents is 1. The van der Waals surface area contributed by atoms with Crippen LogP contribution in [0, 0.1) is 30.9 Å². The highest BCUT2D eigenvalue weighted by molar-refractivity contribution is 5.93. The highest BCUT2D eigenvalue weighted by atomic mass is 16.6. The van der Waals surface area contributed by atoms with Gasteiger partial charge in [-0.05, 0) is 45.0 Å². The molecule has 0 saturated heterocycles. The molecule has 1 amide bonds. The molecule has 8 nitrogen and oxygen atoms in total. The summed E-state index contributed by atoms with van der Waals surface area (Å²) in [5.41, 5.74) is 3.53. The number of nitro groups is 1. The minimum atomic E-state index is -0.457. The maximum absolute atomic E-state index is 12.3. The minimum absolute atomic E-state index is 0.0105. The number of nitrogens with one attached hydrogen (secondary N) is 1. The van der Waals surface area contributed by atoms with Crippen molar-refractivity contribution in [3.05, 3.63) is 75.6 Å². The van der Waals surface area contributed by atoms with Crippen molar-refractivity contribution in [2.24, 2.45) is 0 Å². The third kappa shape index (κ3) is 4.01. The smallest absolute Gasteiger partial charge is 0.272 e. The fourth-order valence-corrected chi connectivity index (χ4v) is 2.89. The van der Waals surface area contributed by atoms with Crippen LogP contribution >= 0.6 is 0 Å². The Labute approximate surface area is 161 Å². The van der Waals surface area contributed by atoms with Gasteiger partial charge in [-0.1, -0.05) is 18.2 Å². The summed E-state index contributed by atoms with van der Waals surface area (Å²) >= 11 is 0. The van der Waals surface area contributed by atoms with E-state index in [0.29, 0.717) is 22.7 Å². The first-order chi connectivity index (χ1) is 13.4. The topological polar surface area (TPSA) is 99.3 Å². The molecule has 2 aromatic carbocycles. The fourth-order valence-electron chi connectivity index (χ4n) is 2.89. The van der Waals surface area contributed by atoms with Gasteiger partial charge in [0.25, 0.3) is 11.6 Å². The molecule has 0 bridgehead atoms. The van der Waals surface area contributed by atoms with Crippen LogP contribution in [-0.4, -0.2) is 27.2 Å². The zero-order chi connectivity index (χ0) is 20.3. The Morgan fingerprint density at radius 1 is 1.18 bits per heavy atom. The normalized spacial score (nSPS) is 10.5. The standard InChI is InChI=1S/C20H20N4O4/c1-13-11-17(9-10-18(13)24(26)27)28-12-19(25)21-20-14(2)22-23(15(20)3)16-7-5-4-6-8-16/h4-11H,12H2,1-3H3,(H,21,25). The van der Waals surface area contributed by atoms with E-state index >= 15 is 0 Å². The lowest BCUT2D eigenvalue weighted by Crippen LogP contribution is -2.21. The molecule has 0 aliphatic rings. The SMILES string of the molecule is Cc1cc(OCC(=O)Nc2c(C)nn(-c3ccccc3)c2C)ccc1[N+](=O)[O-]. The number of hydrogen-bond acceptors (Lipinski definition) is 5. The summed E-state index contributed by atoms with van der Waals surface area (Å²) in [4.78, 5) is 22.7. The number of benzene rings is 2. The monoisotopic (exact) mass is 380 g/mol. The van der Waals surface area contributed by atoms with Gasteiger partial charge in [0.15, 0.2) is 6.61 Å². The molecule has 1 N–H and O–H groups in total. The third-order valence-corrected chi connectivity index (χ3v) is 4.29. The number of para-hydroxylation sites is 1. The van der Waals surface area contributed by atoms with Crippen molar-refractivity contribution >= 4 is 17.3 Å². The molecule has 0 radical (unpaired) electrons. The summed E-state index contributed by atoms with van der Waals surface area (Å²) in [6.07, 6.45) is 0. The molecule has 1 heterocycles. The Balaban J connectivity index is 1.68. The Morgan fingerprint density at radius 2 is 1.89 bits per heavy atom. The number of carbonyl (C=O) groups excluding carboxylic acids is 1. The molecule has 0 atom stereocenters. The van der Waals surface area contributed by atoms with Crippen molar-refractivity contribution in [2.45, 2.75) is 20.8 Å². The van der Waals surface area contributed by atoms with Crippen molar-refractivity contribution < 1.29 is 14.5 Å². The predicted molar refractivity (Wildman–Crippen MR) is 105 cm³/mol. The molecule has 0 saturated carbocycles. The third-order valence-electron chi connectivity index (χ3n) is 4.29. The van der Waals surface area contributed by atoms with Gasteiger partial charge >= 0.3 is 0 Å². The number of hydrogen-bond donors (Lipinski definition) is 1. The van der Waals surface area contributed by atoms with Crippen LogP contribution in [0.3, 0.4) is 0 Å². The van der Waals surface area contributed by atoms with Gasteiger partial charge in [-0.2, -0.15) is 5.10 Å². The molecule has 28 heavy (non-hydrogen) atoms. The zero-order valence-corrected chi connectivity index (χ0v) is 15.8. The zero-order valence-electron chi connectivity index (χ0n) is 15.8. The van der Waals surface area contributed by atoms with Crippen LogP contribution < -0.4 is 10.1 Å². The largest absolute Gasteiger partial charge is 0.484 e. The summed E-state index contributed by atoms with van der Waals surface area (Å²) in [7, 11) is 0. The number of aromatic nitrogens is 2. The van der Waals surface area contributed by atoms with Crippen LogP contribution in [0.15, 0.2) is 48.5 Å². The minimum Gasteiger partial charge on any atom is -0.484 e. The van der Waals surface area contributed by atoms with Gasteiger partial charge in [0.05, 0.1) is 27.7 Å². The van der Waals surface area contributed by atoms with Crippen LogP contribution in [0.25, 0.3) is 5.69 Å². The molecular weight excluding hydrogens is 360 g/mol. The lowest BCUT2D eigenvalue weighted by atomic mass is 10.2. The lowest BCUT2D eigenvalue weighted by molar-refractivity contribution is -0.385. The second kappa shape index (κ2) is 7.91. The van der Waals surface area contributed by atoms with Gasteiger partial charge in [-0.25, -0.2) is 4.68 Å². The second-order valence-electron chi connectivity index (χ2n) is 6.34. The van der Waals surface area contributed by atoms with Crippen LogP contribution in [0.5, 0.6) is 5.75 Å². The number of ether oxygens (including phenoxy) is 1. The molecule has 0 unspecified atom stereocenters. The van der Waals surface area contributed by atoms with E-state index in [4.69, 9.17) is 4.74 Å². The first kappa shape index (κ1) is 19.1. The van der Waals surface area contributed by atoms with Gasteiger partial charge in [-0.3, -0.25) is 14.9 Å². The molecule has 8 heteroatoms. The van der Waals surface area contributed by atoms with Crippen LogP contribution in [0.4, 0.5) is 11.4 Å². The Morgan fingerprint density at radius 3 is 2.54 bits per heavy atom. The molecule has 1 aromatic heterocycles.